The fraction of sp³-hybridized carbons (Fsp3) is 0.600. The number of rotatable bonds is 13. The number of nitrogens with one attached hydrogen (secondary N) is 2. The van der Waals surface area contributed by atoms with Gasteiger partial charge in [0.15, 0.2) is 23.2 Å². The quantitative estimate of drug-likeness (QED) is 0.234. The number of hydrogen-bond donors (Lipinski definition) is 2. The average Bonchev–Trinajstić information content (AvgIpc) is 3.07. The van der Waals surface area contributed by atoms with Crippen LogP contribution >= 0.6 is 0 Å². The van der Waals surface area contributed by atoms with E-state index >= 15 is 8.78 Å². The summed E-state index contributed by atoms with van der Waals surface area (Å²) in [7, 11) is 0. The lowest BCUT2D eigenvalue weighted by atomic mass is 9.93. The Hall–Kier alpha value is -2.76. The van der Waals surface area contributed by atoms with Crippen LogP contribution in [-0.2, 0) is 6.42 Å². The highest BCUT2D eigenvalue weighted by Gasteiger charge is 2.35. The Balaban J connectivity index is 0.000000930. The third-order valence-electron chi connectivity index (χ3n) is 7.15. The van der Waals surface area contributed by atoms with E-state index in [1.807, 2.05) is 6.92 Å². The number of benzene rings is 2. The molecule has 2 aromatic rings. The van der Waals surface area contributed by atoms with Gasteiger partial charge in [-0.05, 0) is 24.3 Å². The Morgan fingerprint density at radius 2 is 1.32 bits per heavy atom. The first-order chi connectivity index (χ1) is 19.8. The summed E-state index contributed by atoms with van der Waals surface area (Å²) in [4.78, 5) is 26.9. The molecular weight excluding hydrogens is 518 g/mol. The maximum absolute atomic E-state index is 15.4. The molecular formula is C35H54F2N2O2. The SMILES string of the molecule is CCC.CCCCC.CCCCNc1c(F)c(F)c(NCC(CC)CCCC)c2c1C(=O)Cc1ccccc1C2=O. The molecule has 0 radical (unpaired) electrons. The first-order valence-corrected chi connectivity index (χ1v) is 16.0. The zero-order valence-corrected chi connectivity index (χ0v) is 26.7. The summed E-state index contributed by atoms with van der Waals surface area (Å²) in [6, 6.07) is 6.84. The smallest absolute Gasteiger partial charge is 0.196 e. The zero-order valence-electron chi connectivity index (χ0n) is 26.7. The van der Waals surface area contributed by atoms with E-state index in [0.717, 1.165) is 38.5 Å². The molecule has 0 aromatic heterocycles. The van der Waals surface area contributed by atoms with Crippen molar-refractivity contribution in [2.24, 2.45) is 5.92 Å². The van der Waals surface area contributed by atoms with Crippen LogP contribution in [0.25, 0.3) is 0 Å². The van der Waals surface area contributed by atoms with E-state index in [0.29, 0.717) is 24.2 Å². The molecule has 0 saturated heterocycles. The van der Waals surface area contributed by atoms with Gasteiger partial charge in [-0.25, -0.2) is 8.78 Å². The average molecular weight is 573 g/mol. The molecule has 0 aliphatic heterocycles. The molecule has 0 bridgehead atoms. The van der Waals surface area contributed by atoms with Crippen LogP contribution in [0.5, 0.6) is 0 Å². The Bertz CT molecular complexity index is 1080. The third kappa shape index (κ3) is 10.5. The van der Waals surface area contributed by atoms with E-state index in [1.165, 1.54) is 25.7 Å². The fourth-order valence-electron chi connectivity index (χ4n) is 4.75. The maximum atomic E-state index is 15.4. The van der Waals surface area contributed by atoms with Gasteiger partial charge >= 0.3 is 0 Å². The first-order valence-electron chi connectivity index (χ1n) is 16.0. The molecule has 1 atom stereocenters. The van der Waals surface area contributed by atoms with Gasteiger partial charge in [-0.2, -0.15) is 0 Å². The Morgan fingerprint density at radius 1 is 0.756 bits per heavy atom. The molecule has 3 rings (SSSR count). The summed E-state index contributed by atoms with van der Waals surface area (Å²) in [6.07, 6.45) is 10.8. The minimum Gasteiger partial charge on any atom is -0.382 e. The van der Waals surface area contributed by atoms with Gasteiger partial charge < -0.3 is 10.6 Å². The lowest BCUT2D eigenvalue weighted by Gasteiger charge is -2.22. The second kappa shape index (κ2) is 20.2. The summed E-state index contributed by atoms with van der Waals surface area (Å²) in [5, 5.41) is 5.93. The van der Waals surface area contributed by atoms with Crippen molar-refractivity contribution in [3.05, 3.63) is 58.2 Å². The molecule has 41 heavy (non-hydrogen) atoms. The van der Waals surface area contributed by atoms with Crippen molar-refractivity contribution in [3.63, 3.8) is 0 Å². The van der Waals surface area contributed by atoms with Crippen molar-refractivity contribution in [3.8, 4) is 0 Å². The maximum Gasteiger partial charge on any atom is 0.196 e. The molecule has 0 saturated carbocycles. The minimum absolute atomic E-state index is 0.0318. The van der Waals surface area contributed by atoms with E-state index in [2.05, 4.69) is 52.2 Å². The monoisotopic (exact) mass is 572 g/mol. The Kier molecular flexibility index (Phi) is 17.8. The van der Waals surface area contributed by atoms with Crippen LogP contribution in [0.2, 0.25) is 0 Å². The van der Waals surface area contributed by atoms with Gasteiger partial charge in [-0.1, -0.05) is 124 Å². The van der Waals surface area contributed by atoms with Gasteiger partial charge in [0.25, 0.3) is 0 Å². The van der Waals surface area contributed by atoms with Crippen molar-refractivity contribution < 1.29 is 18.4 Å². The first kappa shape index (κ1) is 36.3. The van der Waals surface area contributed by atoms with Crippen LogP contribution < -0.4 is 10.6 Å². The summed E-state index contributed by atoms with van der Waals surface area (Å²) < 4.78 is 30.7. The Morgan fingerprint density at radius 3 is 1.85 bits per heavy atom. The molecule has 0 amide bonds. The number of halogens is 2. The van der Waals surface area contributed by atoms with E-state index in [9.17, 15) is 9.59 Å². The summed E-state index contributed by atoms with van der Waals surface area (Å²) >= 11 is 0. The van der Waals surface area contributed by atoms with Crippen molar-refractivity contribution in [2.45, 2.75) is 119 Å². The predicted octanol–water partition coefficient (Wildman–Crippen LogP) is 10.4. The van der Waals surface area contributed by atoms with E-state index in [-0.39, 0.29) is 40.6 Å². The van der Waals surface area contributed by atoms with Crippen LogP contribution in [-0.4, -0.2) is 24.7 Å². The number of carbonyl (C=O) groups excluding carboxylic acids is 2. The van der Waals surface area contributed by atoms with Crippen molar-refractivity contribution in [1.29, 1.82) is 0 Å². The molecule has 1 aliphatic rings. The van der Waals surface area contributed by atoms with Crippen LogP contribution in [0.3, 0.4) is 0 Å². The molecule has 0 fully saturated rings. The van der Waals surface area contributed by atoms with Gasteiger partial charge in [0, 0.05) is 25.1 Å². The molecule has 2 N–H and O–H groups in total. The normalized spacial score (nSPS) is 12.6. The lowest BCUT2D eigenvalue weighted by Crippen LogP contribution is -2.21. The number of unbranched alkanes of at least 4 members (excludes halogenated alkanes) is 4. The van der Waals surface area contributed by atoms with E-state index < -0.39 is 17.4 Å². The van der Waals surface area contributed by atoms with Crippen molar-refractivity contribution in [1.82, 2.24) is 0 Å². The molecule has 0 spiro atoms. The molecule has 1 unspecified atom stereocenters. The molecule has 6 heteroatoms. The zero-order chi connectivity index (χ0) is 30.8. The molecule has 4 nitrogen and oxygen atoms in total. The molecule has 230 valence electrons. The van der Waals surface area contributed by atoms with Crippen LogP contribution in [0.1, 0.15) is 145 Å². The number of ketones is 2. The number of carbonyl (C=O) groups is 2. The number of fused-ring (bicyclic) bond motifs is 2. The highest BCUT2D eigenvalue weighted by molar-refractivity contribution is 6.23. The molecule has 2 aromatic carbocycles. The standard InChI is InChI=1S/C27H34F2N2O2.C5H12.C3H8/c1-4-7-11-17(6-3)16-31-26-22-21(25(23(28)24(26)29)30-14-8-5-2)20(32)15-18-12-9-10-13-19(18)27(22)33;1-3-5-4-2;1-3-2/h9-10,12-13,17,30-31H,4-8,11,14-16H2,1-3H3;3-5H2,1-2H3;3H2,1-2H3. The van der Waals surface area contributed by atoms with E-state index in [4.69, 9.17) is 0 Å². The van der Waals surface area contributed by atoms with Gasteiger partial charge in [0.1, 0.15) is 0 Å². The predicted molar refractivity (Wildman–Crippen MR) is 171 cm³/mol. The Labute approximate surface area is 248 Å². The van der Waals surface area contributed by atoms with Gasteiger partial charge in [-0.3, -0.25) is 9.59 Å². The molecule has 1 aliphatic carbocycles. The minimum atomic E-state index is -1.11. The van der Waals surface area contributed by atoms with E-state index in [1.54, 1.807) is 24.3 Å². The number of hydrogen-bond acceptors (Lipinski definition) is 4. The van der Waals surface area contributed by atoms with Crippen molar-refractivity contribution in [2.75, 3.05) is 23.7 Å². The second-order valence-corrected chi connectivity index (χ2v) is 10.9. The highest BCUT2D eigenvalue weighted by atomic mass is 19.2. The second-order valence-electron chi connectivity index (χ2n) is 10.9. The highest BCUT2D eigenvalue weighted by Crippen LogP contribution is 2.39. The fourth-order valence-corrected chi connectivity index (χ4v) is 4.75. The lowest BCUT2D eigenvalue weighted by molar-refractivity contribution is 0.0985. The summed E-state index contributed by atoms with van der Waals surface area (Å²) in [6.45, 7) is 15.6. The summed E-state index contributed by atoms with van der Waals surface area (Å²) in [5.41, 5.74) is 0.420. The molecule has 0 heterocycles. The number of Topliss-reactive ketones (excluding diaryl/α,β-unsaturated/α-hetero) is 1. The largest absolute Gasteiger partial charge is 0.382 e. The van der Waals surface area contributed by atoms with Crippen molar-refractivity contribution >= 4 is 22.9 Å². The van der Waals surface area contributed by atoms with Crippen LogP contribution in [0, 0.1) is 17.6 Å². The van der Waals surface area contributed by atoms with Gasteiger partial charge in [-0.15, -0.1) is 0 Å². The number of anilines is 2. The van der Waals surface area contributed by atoms with Crippen LogP contribution in [0.15, 0.2) is 24.3 Å². The van der Waals surface area contributed by atoms with Gasteiger partial charge in [0.05, 0.1) is 22.5 Å². The summed E-state index contributed by atoms with van der Waals surface area (Å²) in [5.74, 6) is -2.80. The van der Waals surface area contributed by atoms with Crippen LogP contribution in [0.4, 0.5) is 20.2 Å². The topological polar surface area (TPSA) is 58.2 Å². The third-order valence-corrected chi connectivity index (χ3v) is 7.15. The van der Waals surface area contributed by atoms with Gasteiger partial charge in [0.2, 0.25) is 0 Å².